The van der Waals surface area contributed by atoms with Crippen LogP contribution >= 0.6 is 27.7 Å². The number of hydrogen-bond donors (Lipinski definition) is 1. The fourth-order valence-corrected chi connectivity index (χ4v) is 3.48. The van der Waals surface area contributed by atoms with E-state index >= 15 is 0 Å². The van der Waals surface area contributed by atoms with Crippen LogP contribution in [0.3, 0.4) is 0 Å². The summed E-state index contributed by atoms with van der Waals surface area (Å²) in [5, 5.41) is 3.53. The zero-order valence-corrected chi connectivity index (χ0v) is 15.2. The van der Waals surface area contributed by atoms with Crippen molar-refractivity contribution in [2.75, 3.05) is 0 Å². The second-order valence-corrected chi connectivity index (χ2v) is 8.03. The van der Waals surface area contributed by atoms with E-state index in [1.807, 2.05) is 11.8 Å². The molecule has 1 N–H and O–H groups in total. The van der Waals surface area contributed by atoms with Gasteiger partial charge in [0.05, 0.1) is 0 Å². The molecule has 0 aliphatic heterocycles. The topological polar surface area (TPSA) is 12.0 Å². The van der Waals surface area contributed by atoms with Crippen LogP contribution in [0, 0.1) is 0 Å². The van der Waals surface area contributed by atoms with Gasteiger partial charge in [0.2, 0.25) is 0 Å². The highest BCUT2D eigenvalue weighted by Crippen LogP contribution is 2.27. The van der Waals surface area contributed by atoms with Crippen molar-refractivity contribution in [1.82, 2.24) is 5.32 Å². The summed E-state index contributed by atoms with van der Waals surface area (Å²) in [7, 11) is 0. The van der Waals surface area contributed by atoms with E-state index in [2.05, 4.69) is 90.5 Å². The third-order valence-electron chi connectivity index (χ3n) is 3.07. The number of halogens is 1. The molecular weight excluding hydrogens is 342 g/mol. The molecule has 0 saturated carbocycles. The lowest BCUT2D eigenvalue weighted by atomic mass is 10.1. The van der Waals surface area contributed by atoms with Crippen LogP contribution in [0.25, 0.3) is 0 Å². The second-order valence-electron chi connectivity index (χ2n) is 6.13. The molecular formula is C18H22BrNS. The largest absolute Gasteiger partial charge is 0.308 e. The zero-order chi connectivity index (χ0) is 15.3. The molecule has 21 heavy (non-hydrogen) atoms. The monoisotopic (exact) mass is 363 g/mol. The normalized spacial score (nSPS) is 11.6. The van der Waals surface area contributed by atoms with Gasteiger partial charge in [0.25, 0.3) is 0 Å². The minimum absolute atomic E-state index is 0.151. The highest BCUT2D eigenvalue weighted by atomic mass is 79.9. The molecule has 2 aromatic carbocycles. The lowest BCUT2D eigenvalue weighted by molar-refractivity contribution is 0.424. The van der Waals surface area contributed by atoms with Gasteiger partial charge in [-0.15, -0.1) is 11.8 Å². The average molecular weight is 364 g/mol. The summed E-state index contributed by atoms with van der Waals surface area (Å²) < 4.78 is 1.18. The SMILES string of the molecule is CC(C)(C)NCc1cccc(SCc2ccccc2Br)c1. The van der Waals surface area contributed by atoms with E-state index in [9.17, 15) is 0 Å². The van der Waals surface area contributed by atoms with Crippen LogP contribution < -0.4 is 5.32 Å². The Balaban J connectivity index is 1.96. The molecule has 0 amide bonds. The molecule has 0 bridgehead atoms. The molecule has 0 aliphatic rings. The number of rotatable bonds is 5. The summed E-state index contributed by atoms with van der Waals surface area (Å²) in [6.45, 7) is 7.49. The third-order valence-corrected chi connectivity index (χ3v) is 4.89. The van der Waals surface area contributed by atoms with Crippen molar-refractivity contribution in [1.29, 1.82) is 0 Å². The number of thioether (sulfide) groups is 1. The van der Waals surface area contributed by atoms with E-state index in [1.165, 1.54) is 20.5 Å². The lowest BCUT2D eigenvalue weighted by Crippen LogP contribution is -2.35. The molecule has 2 rings (SSSR count). The number of benzene rings is 2. The highest BCUT2D eigenvalue weighted by Gasteiger charge is 2.08. The molecule has 0 heterocycles. The summed E-state index contributed by atoms with van der Waals surface area (Å²) in [6.07, 6.45) is 0. The molecule has 0 spiro atoms. The summed E-state index contributed by atoms with van der Waals surface area (Å²) in [5.74, 6) is 0.984. The van der Waals surface area contributed by atoms with Crippen molar-refractivity contribution in [2.45, 2.75) is 43.5 Å². The maximum Gasteiger partial charge on any atom is 0.0243 e. The van der Waals surface area contributed by atoms with Gasteiger partial charge >= 0.3 is 0 Å². The van der Waals surface area contributed by atoms with E-state index < -0.39 is 0 Å². The van der Waals surface area contributed by atoms with Crippen LogP contribution in [0.5, 0.6) is 0 Å². The Morgan fingerprint density at radius 1 is 1.05 bits per heavy atom. The van der Waals surface area contributed by atoms with Gasteiger partial charge in [-0.3, -0.25) is 0 Å². The number of hydrogen-bond acceptors (Lipinski definition) is 2. The Labute approximate surface area is 140 Å². The smallest absolute Gasteiger partial charge is 0.0243 e. The first-order chi connectivity index (χ1) is 9.94. The van der Waals surface area contributed by atoms with Gasteiger partial charge in [-0.2, -0.15) is 0 Å². The lowest BCUT2D eigenvalue weighted by Gasteiger charge is -2.20. The van der Waals surface area contributed by atoms with Crippen LogP contribution in [0.4, 0.5) is 0 Å². The number of nitrogens with one attached hydrogen (secondary N) is 1. The Kier molecular flexibility index (Phi) is 5.91. The summed E-state index contributed by atoms with van der Waals surface area (Å²) in [5.41, 5.74) is 2.82. The predicted octanol–water partition coefficient (Wildman–Crippen LogP) is 5.63. The standard InChI is InChI=1S/C18H22BrNS/c1-18(2,3)20-12-14-7-6-9-16(11-14)21-13-15-8-4-5-10-17(15)19/h4-11,20H,12-13H2,1-3H3. The minimum Gasteiger partial charge on any atom is -0.308 e. The van der Waals surface area contributed by atoms with Crippen LogP contribution in [-0.2, 0) is 12.3 Å². The molecule has 0 unspecified atom stereocenters. The maximum absolute atomic E-state index is 3.61. The van der Waals surface area contributed by atoms with Crippen molar-refractivity contribution in [3.63, 3.8) is 0 Å². The van der Waals surface area contributed by atoms with Crippen molar-refractivity contribution in [3.05, 3.63) is 64.1 Å². The first kappa shape index (κ1) is 16.6. The maximum atomic E-state index is 3.61. The Bertz CT molecular complexity index is 590. The first-order valence-electron chi connectivity index (χ1n) is 7.14. The first-order valence-corrected chi connectivity index (χ1v) is 8.92. The van der Waals surface area contributed by atoms with E-state index in [-0.39, 0.29) is 5.54 Å². The van der Waals surface area contributed by atoms with Gasteiger partial charge in [-0.1, -0.05) is 46.3 Å². The highest BCUT2D eigenvalue weighted by molar-refractivity contribution is 9.10. The molecule has 0 atom stereocenters. The zero-order valence-electron chi connectivity index (χ0n) is 12.8. The third kappa shape index (κ3) is 5.85. The summed E-state index contributed by atoms with van der Waals surface area (Å²) >= 11 is 5.49. The van der Waals surface area contributed by atoms with Crippen molar-refractivity contribution < 1.29 is 0 Å². The van der Waals surface area contributed by atoms with Crippen molar-refractivity contribution in [2.24, 2.45) is 0 Å². The molecule has 1 nitrogen and oxygen atoms in total. The van der Waals surface area contributed by atoms with Gasteiger partial charge in [0.1, 0.15) is 0 Å². The van der Waals surface area contributed by atoms with Gasteiger partial charge in [-0.25, -0.2) is 0 Å². The van der Waals surface area contributed by atoms with E-state index in [0.717, 1.165) is 12.3 Å². The van der Waals surface area contributed by atoms with Crippen LogP contribution in [0.2, 0.25) is 0 Å². The molecule has 0 aromatic heterocycles. The predicted molar refractivity (Wildman–Crippen MR) is 96.7 cm³/mol. The van der Waals surface area contributed by atoms with Crippen LogP contribution in [-0.4, -0.2) is 5.54 Å². The van der Waals surface area contributed by atoms with E-state index in [0.29, 0.717) is 0 Å². The summed E-state index contributed by atoms with van der Waals surface area (Å²) in [4.78, 5) is 1.32. The Morgan fingerprint density at radius 2 is 1.81 bits per heavy atom. The second kappa shape index (κ2) is 7.48. The van der Waals surface area contributed by atoms with Gasteiger partial charge in [0.15, 0.2) is 0 Å². The fraction of sp³-hybridized carbons (Fsp3) is 0.333. The van der Waals surface area contributed by atoms with Gasteiger partial charge < -0.3 is 5.32 Å². The molecule has 0 aliphatic carbocycles. The molecule has 2 aromatic rings. The van der Waals surface area contributed by atoms with Crippen LogP contribution in [0.1, 0.15) is 31.9 Å². The average Bonchev–Trinajstić information content (AvgIpc) is 2.44. The summed E-state index contributed by atoms with van der Waals surface area (Å²) in [6, 6.07) is 17.2. The quantitative estimate of drug-likeness (QED) is 0.690. The Hall–Kier alpha value is -0.770. The van der Waals surface area contributed by atoms with E-state index in [4.69, 9.17) is 0 Å². The molecule has 0 fully saturated rings. The molecule has 3 heteroatoms. The fourth-order valence-electron chi connectivity index (χ4n) is 1.89. The van der Waals surface area contributed by atoms with Gasteiger partial charge in [-0.05, 0) is 50.1 Å². The van der Waals surface area contributed by atoms with E-state index in [1.54, 1.807) is 0 Å². The Morgan fingerprint density at radius 3 is 2.52 bits per heavy atom. The molecule has 0 radical (unpaired) electrons. The molecule has 0 saturated heterocycles. The van der Waals surface area contributed by atoms with Gasteiger partial charge in [0, 0.05) is 27.2 Å². The minimum atomic E-state index is 0.151. The van der Waals surface area contributed by atoms with Crippen LogP contribution in [0.15, 0.2) is 57.9 Å². The van der Waals surface area contributed by atoms with Crippen molar-refractivity contribution >= 4 is 27.7 Å². The van der Waals surface area contributed by atoms with Crippen molar-refractivity contribution in [3.8, 4) is 0 Å². The molecule has 112 valence electrons.